The molecule has 1 aliphatic heterocycles. The van der Waals surface area contributed by atoms with Crippen LogP contribution in [0.5, 0.6) is 5.75 Å². The van der Waals surface area contributed by atoms with E-state index in [1.165, 1.54) is 13.2 Å². The van der Waals surface area contributed by atoms with E-state index in [-0.39, 0.29) is 18.3 Å². The Morgan fingerprint density at radius 3 is 2.73 bits per heavy atom. The van der Waals surface area contributed by atoms with Crippen LogP contribution in [0.4, 0.5) is 13.2 Å². The number of benzene rings is 1. The van der Waals surface area contributed by atoms with E-state index in [0.29, 0.717) is 24.8 Å². The molecule has 7 heteroatoms. The monoisotopic (exact) mass is 318 g/mol. The van der Waals surface area contributed by atoms with E-state index in [2.05, 4.69) is 0 Å². The molecule has 0 amide bonds. The first-order chi connectivity index (χ1) is 10.3. The van der Waals surface area contributed by atoms with Gasteiger partial charge in [-0.05, 0) is 37.0 Å². The van der Waals surface area contributed by atoms with Crippen LogP contribution in [-0.2, 0) is 15.7 Å². The SMILES string of the molecule is COc1ccc(C2CCC(CCC(=O)O)O2)cc1C(F)(F)F. The lowest BCUT2D eigenvalue weighted by Crippen LogP contribution is -2.11. The molecule has 0 aromatic heterocycles. The molecule has 1 N–H and O–H groups in total. The van der Waals surface area contributed by atoms with Crippen molar-refractivity contribution in [1.82, 2.24) is 0 Å². The lowest BCUT2D eigenvalue weighted by Gasteiger charge is -2.17. The smallest absolute Gasteiger partial charge is 0.419 e. The van der Waals surface area contributed by atoms with Gasteiger partial charge in [0.2, 0.25) is 0 Å². The molecule has 0 spiro atoms. The fourth-order valence-electron chi connectivity index (χ4n) is 2.60. The van der Waals surface area contributed by atoms with Gasteiger partial charge in [0, 0.05) is 6.42 Å². The summed E-state index contributed by atoms with van der Waals surface area (Å²) in [5.74, 6) is -1.13. The molecule has 1 aromatic rings. The Balaban J connectivity index is 2.12. The molecule has 1 fully saturated rings. The van der Waals surface area contributed by atoms with Crippen molar-refractivity contribution in [3.05, 3.63) is 29.3 Å². The van der Waals surface area contributed by atoms with Crippen molar-refractivity contribution < 1.29 is 32.5 Å². The van der Waals surface area contributed by atoms with Gasteiger partial charge < -0.3 is 14.6 Å². The van der Waals surface area contributed by atoms with Crippen LogP contribution in [0.25, 0.3) is 0 Å². The second-order valence-corrected chi connectivity index (χ2v) is 5.21. The highest BCUT2D eigenvalue weighted by Crippen LogP contribution is 2.41. The summed E-state index contributed by atoms with van der Waals surface area (Å²) in [5.41, 5.74) is -0.393. The normalized spacial score (nSPS) is 21.8. The number of methoxy groups -OCH3 is 1. The number of hydrogen-bond donors (Lipinski definition) is 1. The van der Waals surface area contributed by atoms with Crippen molar-refractivity contribution in [2.75, 3.05) is 7.11 Å². The van der Waals surface area contributed by atoms with Gasteiger partial charge in [-0.1, -0.05) is 6.07 Å². The van der Waals surface area contributed by atoms with E-state index in [0.717, 1.165) is 6.07 Å². The minimum absolute atomic E-state index is 0.00615. The minimum Gasteiger partial charge on any atom is -0.496 e. The standard InChI is InChI=1S/C15H17F3O4/c1-21-13-5-2-9(8-11(13)15(16,17)18)12-6-3-10(22-12)4-7-14(19)20/h2,5,8,10,12H,3-4,6-7H2,1H3,(H,19,20). The summed E-state index contributed by atoms with van der Waals surface area (Å²) in [5, 5.41) is 8.65. The molecular weight excluding hydrogens is 301 g/mol. The number of ether oxygens (including phenoxy) is 2. The van der Waals surface area contributed by atoms with Gasteiger partial charge in [-0.25, -0.2) is 0 Å². The molecular formula is C15H17F3O4. The summed E-state index contributed by atoms with van der Waals surface area (Å²) in [6.07, 6.45) is -3.58. The van der Waals surface area contributed by atoms with Crippen LogP contribution < -0.4 is 4.74 Å². The van der Waals surface area contributed by atoms with E-state index >= 15 is 0 Å². The molecule has 1 heterocycles. The number of hydrogen-bond acceptors (Lipinski definition) is 3. The van der Waals surface area contributed by atoms with Crippen LogP contribution >= 0.6 is 0 Å². The zero-order valence-corrected chi connectivity index (χ0v) is 12.0. The van der Waals surface area contributed by atoms with Crippen LogP contribution in [0.15, 0.2) is 18.2 Å². The van der Waals surface area contributed by atoms with E-state index < -0.39 is 23.8 Å². The van der Waals surface area contributed by atoms with Crippen molar-refractivity contribution in [3.8, 4) is 5.75 Å². The number of carboxylic acid groups (broad SMARTS) is 1. The lowest BCUT2D eigenvalue weighted by atomic mass is 10.0. The van der Waals surface area contributed by atoms with Gasteiger partial charge in [0.05, 0.1) is 24.9 Å². The Morgan fingerprint density at radius 1 is 1.41 bits per heavy atom. The molecule has 0 saturated carbocycles. The molecule has 1 saturated heterocycles. The molecule has 122 valence electrons. The molecule has 1 aliphatic rings. The van der Waals surface area contributed by atoms with Crippen LogP contribution in [-0.4, -0.2) is 24.3 Å². The second kappa shape index (κ2) is 6.56. The fourth-order valence-corrected chi connectivity index (χ4v) is 2.60. The number of carboxylic acids is 1. The summed E-state index contributed by atoms with van der Waals surface area (Å²) in [6, 6.07) is 3.88. The molecule has 22 heavy (non-hydrogen) atoms. The number of carbonyl (C=O) groups is 1. The summed E-state index contributed by atoms with van der Waals surface area (Å²) >= 11 is 0. The second-order valence-electron chi connectivity index (χ2n) is 5.21. The minimum atomic E-state index is -4.50. The maximum atomic E-state index is 13.0. The quantitative estimate of drug-likeness (QED) is 0.897. The van der Waals surface area contributed by atoms with E-state index in [4.69, 9.17) is 14.6 Å². The van der Waals surface area contributed by atoms with Crippen molar-refractivity contribution in [2.45, 2.75) is 44.1 Å². The zero-order chi connectivity index (χ0) is 16.3. The van der Waals surface area contributed by atoms with Gasteiger partial charge >= 0.3 is 12.1 Å². The Bertz CT molecular complexity index is 542. The highest BCUT2D eigenvalue weighted by atomic mass is 19.4. The fraction of sp³-hybridized carbons (Fsp3) is 0.533. The third kappa shape index (κ3) is 3.91. The van der Waals surface area contributed by atoms with Crippen LogP contribution in [0.1, 0.15) is 42.9 Å². The molecule has 2 rings (SSSR count). The number of alkyl halides is 3. The Kier molecular flexibility index (Phi) is 4.95. The highest BCUT2D eigenvalue weighted by Gasteiger charge is 2.36. The molecule has 0 aliphatic carbocycles. The summed E-state index contributed by atoms with van der Waals surface area (Å²) in [6.45, 7) is 0. The van der Waals surface area contributed by atoms with Gasteiger partial charge in [0.1, 0.15) is 5.75 Å². The number of halogens is 3. The van der Waals surface area contributed by atoms with E-state index in [9.17, 15) is 18.0 Å². The van der Waals surface area contributed by atoms with Gasteiger partial charge in [-0.15, -0.1) is 0 Å². The number of aliphatic carboxylic acids is 1. The van der Waals surface area contributed by atoms with Crippen molar-refractivity contribution in [1.29, 1.82) is 0 Å². The van der Waals surface area contributed by atoms with E-state index in [1.54, 1.807) is 6.07 Å². The van der Waals surface area contributed by atoms with Gasteiger partial charge in [-0.3, -0.25) is 4.79 Å². The van der Waals surface area contributed by atoms with Gasteiger partial charge in [0.25, 0.3) is 0 Å². The molecule has 2 unspecified atom stereocenters. The largest absolute Gasteiger partial charge is 0.496 e. The van der Waals surface area contributed by atoms with Crippen molar-refractivity contribution in [2.24, 2.45) is 0 Å². The van der Waals surface area contributed by atoms with Crippen LogP contribution in [0, 0.1) is 0 Å². The topological polar surface area (TPSA) is 55.8 Å². The van der Waals surface area contributed by atoms with Gasteiger partial charge in [-0.2, -0.15) is 13.2 Å². The van der Waals surface area contributed by atoms with E-state index in [1.807, 2.05) is 0 Å². The number of rotatable bonds is 5. The lowest BCUT2D eigenvalue weighted by molar-refractivity contribution is -0.139. The average Bonchev–Trinajstić information content (AvgIpc) is 2.92. The molecule has 4 nitrogen and oxygen atoms in total. The Morgan fingerprint density at radius 2 is 2.14 bits per heavy atom. The highest BCUT2D eigenvalue weighted by molar-refractivity contribution is 5.66. The van der Waals surface area contributed by atoms with Gasteiger partial charge in [0.15, 0.2) is 0 Å². The third-order valence-electron chi connectivity index (χ3n) is 3.69. The Labute approximate surface area is 125 Å². The Hall–Kier alpha value is -1.76. The van der Waals surface area contributed by atoms with Crippen LogP contribution in [0.3, 0.4) is 0 Å². The maximum Gasteiger partial charge on any atom is 0.419 e. The molecule has 1 aromatic carbocycles. The zero-order valence-electron chi connectivity index (χ0n) is 12.0. The summed E-state index contributed by atoms with van der Waals surface area (Å²) in [7, 11) is 1.19. The predicted octanol–water partition coefficient (Wildman–Crippen LogP) is 3.80. The molecule has 0 bridgehead atoms. The average molecular weight is 318 g/mol. The summed E-state index contributed by atoms with van der Waals surface area (Å²) in [4.78, 5) is 10.5. The molecule has 0 radical (unpaired) electrons. The van der Waals surface area contributed by atoms with Crippen molar-refractivity contribution >= 4 is 5.97 Å². The maximum absolute atomic E-state index is 13.0. The summed E-state index contributed by atoms with van der Waals surface area (Å²) < 4.78 is 49.4. The van der Waals surface area contributed by atoms with Crippen molar-refractivity contribution in [3.63, 3.8) is 0 Å². The van der Waals surface area contributed by atoms with Crippen LogP contribution in [0.2, 0.25) is 0 Å². The predicted molar refractivity (Wildman–Crippen MR) is 71.7 cm³/mol. The molecule has 2 atom stereocenters. The first-order valence-electron chi connectivity index (χ1n) is 6.93. The first-order valence-corrected chi connectivity index (χ1v) is 6.93. The third-order valence-corrected chi connectivity index (χ3v) is 3.69. The first kappa shape index (κ1) is 16.6.